The van der Waals surface area contributed by atoms with Crippen LogP contribution in [-0.2, 0) is 4.79 Å². The number of hydrogen-bond acceptors (Lipinski definition) is 3. The van der Waals surface area contributed by atoms with E-state index in [4.69, 9.17) is 32.7 Å². The molecular weight excluding hydrogens is 299 g/mol. The molecule has 20 heavy (non-hydrogen) atoms. The highest BCUT2D eigenvalue weighted by molar-refractivity contribution is 6.42. The third-order valence-electron chi connectivity index (χ3n) is 2.71. The first kappa shape index (κ1) is 13.0. The number of benzene rings is 2. The fraction of sp³-hybridized carbons (Fsp3) is 0. The van der Waals surface area contributed by atoms with Gasteiger partial charge < -0.3 is 9.47 Å². The van der Waals surface area contributed by atoms with Gasteiger partial charge in [0.25, 0.3) is 0 Å². The van der Waals surface area contributed by atoms with Gasteiger partial charge in [0.2, 0.25) is 5.76 Å². The first-order chi connectivity index (χ1) is 9.63. The van der Waals surface area contributed by atoms with Gasteiger partial charge in [0.15, 0.2) is 11.5 Å². The van der Waals surface area contributed by atoms with Crippen LogP contribution in [0.5, 0.6) is 11.5 Å². The summed E-state index contributed by atoms with van der Waals surface area (Å²) in [6, 6.07) is 12.3. The van der Waals surface area contributed by atoms with Gasteiger partial charge >= 0.3 is 5.97 Å². The van der Waals surface area contributed by atoms with E-state index in [1.54, 1.807) is 6.08 Å². The molecule has 0 amide bonds. The predicted octanol–water partition coefficient (Wildman–Crippen LogP) is 4.33. The fourth-order valence-corrected chi connectivity index (χ4v) is 2.08. The second-order valence-electron chi connectivity index (χ2n) is 4.12. The SMILES string of the molecule is O=C1Oc2cc(Cl)c(Cl)cc2O/C1=C\c1ccccc1. The van der Waals surface area contributed by atoms with Gasteiger partial charge in [-0.1, -0.05) is 53.5 Å². The van der Waals surface area contributed by atoms with Gasteiger partial charge in [-0.05, 0) is 11.6 Å². The Kier molecular flexibility index (Phi) is 3.38. The molecule has 0 aromatic heterocycles. The Labute approximate surface area is 125 Å². The number of carbonyl (C=O) groups excluding carboxylic acids is 1. The minimum absolute atomic E-state index is 0.0992. The summed E-state index contributed by atoms with van der Waals surface area (Å²) in [6.45, 7) is 0. The zero-order valence-electron chi connectivity index (χ0n) is 10.1. The minimum Gasteiger partial charge on any atom is -0.446 e. The van der Waals surface area contributed by atoms with E-state index in [0.717, 1.165) is 5.56 Å². The smallest absolute Gasteiger partial charge is 0.379 e. The molecule has 0 radical (unpaired) electrons. The molecule has 2 aromatic carbocycles. The highest BCUT2D eigenvalue weighted by atomic mass is 35.5. The van der Waals surface area contributed by atoms with Crippen LogP contribution in [0.3, 0.4) is 0 Å². The Hall–Kier alpha value is -1.97. The molecule has 0 unspecified atom stereocenters. The van der Waals surface area contributed by atoms with Crippen molar-refractivity contribution in [2.75, 3.05) is 0 Å². The van der Waals surface area contributed by atoms with Crippen LogP contribution in [0.1, 0.15) is 5.56 Å². The summed E-state index contributed by atoms with van der Waals surface area (Å²) in [4.78, 5) is 11.9. The number of hydrogen-bond donors (Lipinski definition) is 0. The molecule has 3 rings (SSSR count). The molecule has 0 saturated heterocycles. The number of carbonyl (C=O) groups is 1. The summed E-state index contributed by atoms with van der Waals surface area (Å²) >= 11 is 11.8. The first-order valence-corrected chi connectivity index (χ1v) is 6.55. The van der Waals surface area contributed by atoms with E-state index in [-0.39, 0.29) is 11.5 Å². The lowest BCUT2D eigenvalue weighted by atomic mass is 10.2. The summed E-state index contributed by atoms with van der Waals surface area (Å²) < 4.78 is 10.7. The molecule has 1 aliphatic heterocycles. The van der Waals surface area contributed by atoms with Crippen molar-refractivity contribution in [2.45, 2.75) is 0 Å². The van der Waals surface area contributed by atoms with Crippen molar-refractivity contribution in [3.8, 4) is 11.5 Å². The average molecular weight is 307 g/mol. The normalized spacial score (nSPS) is 15.5. The summed E-state index contributed by atoms with van der Waals surface area (Å²) in [5.41, 5.74) is 0.836. The second kappa shape index (κ2) is 5.19. The van der Waals surface area contributed by atoms with Crippen LogP contribution in [0, 0.1) is 0 Å². The summed E-state index contributed by atoms with van der Waals surface area (Å²) in [5, 5.41) is 0.639. The molecule has 0 spiro atoms. The molecule has 5 heteroatoms. The zero-order valence-corrected chi connectivity index (χ0v) is 11.6. The third-order valence-corrected chi connectivity index (χ3v) is 3.43. The largest absolute Gasteiger partial charge is 0.446 e. The van der Waals surface area contributed by atoms with Gasteiger partial charge in [0, 0.05) is 12.1 Å². The lowest BCUT2D eigenvalue weighted by molar-refractivity contribution is -0.133. The van der Waals surface area contributed by atoms with Crippen molar-refractivity contribution in [2.24, 2.45) is 0 Å². The van der Waals surface area contributed by atoms with Crippen molar-refractivity contribution < 1.29 is 14.3 Å². The van der Waals surface area contributed by atoms with Crippen LogP contribution in [0.15, 0.2) is 48.2 Å². The quantitative estimate of drug-likeness (QED) is 0.447. The Morgan fingerprint density at radius 1 is 0.900 bits per heavy atom. The molecule has 3 nitrogen and oxygen atoms in total. The van der Waals surface area contributed by atoms with Crippen molar-refractivity contribution in [3.05, 3.63) is 63.8 Å². The Balaban J connectivity index is 1.99. The predicted molar refractivity (Wildman–Crippen MR) is 77.1 cm³/mol. The van der Waals surface area contributed by atoms with E-state index in [1.807, 2.05) is 30.3 Å². The highest BCUT2D eigenvalue weighted by Crippen LogP contribution is 2.39. The van der Waals surface area contributed by atoms with E-state index >= 15 is 0 Å². The lowest BCUT2D eigenvalue weighted by Crippen LogP contribution is -2.20. The van der Waals surface area contributed by atoms with Gasteiger partial charge in [0.1, 0.15) is 0 Å². The standard InChI is InChI=1S/C15H8Cl2O3/c16-10-7-12-13(8-11(10)17)20-15(18)14(19-12)6-9-4-2-1-3-5-9/h1-8H/b14-6-. The van der Waals surface area contributed by atoms with Crippen LogP contribution in [-0.4, -0.2) is 5.97 Å². The molecule has 100 valence electrons. The third kappa shape index (κ3) is 2.50. The van der Waals surface area contributed by atoms with E-state index in [9.17, 15) is 4.79 Å². The molecule has 0 fully saturated rings. The van der Waals surface area contributed by atoms with Gasteiger partial charge in [-0.15, -0.1) is 0 Å². The number of ether oxygens (including phenoxy) is 2. The van der Waals surface area contributed by atoms with Gasteiger partial charge in [-0.3, -0.25) is 0 Å². The van der Waals surface area contributed by atoms with Gasteiger partial charge in [0.05, 0.1) is 10.0 Å². The van der Waals surface area contributed by atoms with Gasteiger partial charge in [-0.2, -0.15) is 0 Å². The second-order valence-corrected chi connectivity index (χ2v) is 4.94. The number of halogens is 2. The number of esters is 1. The maximum atomic E-state index is 11.9. The summed E-state index contributed by atoms with van der Waals surface area (Å²) in [5.74, 6) is 0.151. The van der Waals surface area contributed by atoms with Crippen LogP contribution >= 0.6 is 23.2 Å². The maximum Gasteiger partial charge on any atom is 0.379 e. The Morgan fingerprint density at radius 3 is 2.15 bits per heavy atom. The van der Waals surface area contributed by atoms with E-state index < -0.39 is 5.97 Å². The van der Waals surface area contributed by atoms with Crippen molar-refractivity contribution in [1.29, 1.82) is 0 Å². The Bertz CT molecular complexity index is 709. The van der Waals surface area contributed by atoms with Crippen molar-refractivity contribution >= 4 is 35.2 Å². The minimum atomic E-state index is -0.570. The Morgan fingerprint density at radius 2 is 1.50 bits per heavy atom. The monoisotopic (exact) mass is 306 g/mol. The molecule has 1 heterocycles. The summed E-state index contributed by atoms with van der Waals surface area (Å²) in [7, 11) is 0. The molecule has 1 aliphatic rings. The van der Waals surface area contributed by atoms with E-state index in [0.29, 0.717) is 15.8 Å². The molecule has 0 aliphatic carbocycles. The molecule has 0 atom stereocenters. The molecule has 0 bridgehead atoms. The number of rotatable bonds is 1. The molecule has 0 N–H and O–H groups in total. The van der Waals surface area contributed by atoms with Crippen LogP contribution in [0.2, 0.25) is 10.0 Å². The molecular formula is C15H8Cl2O3. The van der Waals surface area contributed by atoms with Crippen LogP contribution < -0.4 is 9.47 Å². The van der Waals surface area contributed by atoms with Crippen molar-refractivity contribution in [3.63, 3.8) is 0 Å². The maximum absolute atomic E-state index is 11.9. The topological polar surface area (TPSA) is 35.5 Å². The fourth-order valence-electron chi connectivity index (χ4n) is 1.77. The molecule has 2 aromatic rings. The lowest BCUT2D eigenvalue weighted by Gasteiger charge is -2.19. The van der Waals surface area contributed by atoms with E-state index in [1.165, 1.54) is 12.1 Å². The highest BCUT2D eigenvalue weighted by Gasteiger charge is 2.25. The number of fused-ring (bicyclic) bond motifs is 1. The first-order valence-electron chi connectivity index (χ1n) is 5.79. The van der Waals surface area contributed by atoms with Crippen LogP contribution in [0.25, 0.3) is 6.08 Å². The summed E-state index contributed by atoms with van der Waals surface area (Å²) in [6.07, 6.45) is 1.60. The van der Waals surface area contributed by atoms with Crippen molar-refractivity contribution in [1.82, 2.24) is 0 Å². The van der Waals surface area contributed by atoms with Gasteiger partial charge in [-0.25, -0.2) is 4.79 Å². The zero-order chi connectivity index (χ0) is 14.1. The van der Waals surface area contributed by atoms with E-state index in [2.05, 4.69) is 0 Å². The average Bonchev–Trinajstić information content (AvgIpc) is 2.43. The van der Waals surface area contributed by atoms with Crippen LogP contribution in [0.4, 0.5) is 0 Å². The molecule has 0 saturated carbocycles.